The quantitative estimate of drug-likeness (QED) is 0.785. The SMILES string of the molecule is N#CCCCCNC(=O)C1Cc2ccccc21. The summed E-state index contributed by atoms with van der Waals surface area (Å²) in [6.07, 6.45) is 3.17. The third-order valence-electron chi connectivity index (χ3n) is 3.19. The molecule has 0 bridgehead atoms. The zero-order chi connectivity index (χ0) is 12.1. The lowest BCUT2D eigenvalue weighted by Gasteiger charge is -2.28. The summed E-state index contributed by atoms with van der Waals surface area (Å²) in [6, 6.07) is 10.2. The first-order valence-corrected chi connectivity index (χ1v) is 6.05. The predicted molar refractivity (Wildman–Crippen MR) is 65.4 cm³/mol. The first-order chi connectivity index (χ1) is 8.33. The molecule has 1 amide bonds. The fraction of sp³-hybridized carbons (Fsp3) is 0.429. The van der Waals surface area contributed by atoms with Gasteiger partial charge in [-0.2, -0.15) is 5.26 Å². The van der Waals surface area contributed by atoms with Crippen molar-refractivity contribution < 1.29 is 4.79 Å². The molecule has 3 nitrogen and oxygen atoms in total. The molecule has 1 aliphatic carbocycles. The van der Waals surface area contributed by atoms with Crippen molar-refractivity contribution in [1.29, 1.82) is 5.26 Å². The number of carbonyl (C=O) groups is 1. The number of nitriles is 1. The predicted octanol–water partition coefficient (Wildman–Crippen LogP) is 2.14. The second-order valence-electron chi connectivity index (χ2n) is 4.36. The molecule has 3 heteroatoms. The van der Waals surface area contributed by atoms with E-state index in [9.17, 15) is 4.79 Å². The third-order valence-corrected chi connectivity index (χ3v) is 3.19. The van der Waals surface area contributed by atoms with E-state index in [1.807, 2.05) is 18.2 Å². The van der Waals surface area contributed by atoms with E-state index in [4.69, 9.17) is 5.26 Å². The minimum atomic E-state index is 0.0437. The van der Waals surface area contributed by atoms with Crippen LogP contribution in [-0.4, -0.2) is 12.5 Å². The number of unbranched alkanes of at least 4 members (excludes halogenated alkanes) is 2. The molecule has 0 saturated carbocycles. The van der Waals surface area contributed by atoms with Gasteiger partial charge in [0, 0.05) is 13.0 Å². The highest BCUT2D eigenvalue weighted by Gasteiger charge is 2.31. The molecule has 0 spiro atoms. The first-order valence-electron chi connectivity index (χ1n) is 6.05. The fourth-order valence-corrected chi connectivity index (χ4v) is 2.16. The number of fused-ring (bicyclic) bond motifs is 1. The van der Waals surface area contributed by atoms with E-state index in [1.54, 1.807) is 0 Å². The van der Waals surface area contributed by atoms with Gasteiger partial charge in [-0.3, -0.25) is 4.79 Å². The average molecular weight is 228 g/mol. The minimum absolute atomic E-state index is 0.0437. The molecule has 0 saturated heterocycles. The van der Waals surface area contributed by atoms with Gasteiger partial charge in [0.25, 0.3) is 0 Å². The maximum absolute atomic E-state index is 11.8. The van der Waals surface area contributed by atoms with Crippen molar-refractivity contribution >= 4 is 5.91 Å². The van der Waals surface area contributed by atoms with Gasteiger partial charge in [0.2, 0.25) is 5.91 Å². The number of carbonyl (C=O) groups excluding carboxylic acids is 1. The van der Waals surface area contributed by atoms with Crippen molar-refractivity contribution in [2.24, 2.45) is 0 Å². The number of hydrogen-bond acceptors (Lipinski definition) is 2. The molecule has 0 aromatic heterocycles. The summed E-state index contributed by atoms with van der Waals surface area (Å²) in [5.74, 6) is 0.169. The summed E-state index contributed by atoms with van der Waals surface area (Å²) in [5, 5.41) is 11.3. The van der Waals surface area contributed by atoms with Crippen molar-refractivity contribution in [2.75, 3.05) is 6.54 Å². The van der Waals surface area contributed by atoms with Gasteiger partial charge in [0.15, 0.2) is 0 Å². The van der Waals surface area contributed by atoms with Crippen molar-refractivity contribution in [2.45, 2.75) is 31.6 Å². The lowest BCUT2D eigenvalue weighted by molar-refractivity contribution is -0.123. The Morgan fingerprint density at radius 2 is 2.24 bits per heavy atom. The van der Waals surface area contributed by atoms with Gasteiger partial charge in [0.05, 0.1) is 12.0 Å². The molecule has 88 valence electrons. The van der Waals surface area contributed by atoms with Crippen LogP contribution in [0.2, 0.25) is 0 Å². The van der Waals surface area contributed by atoms with Crippen molar-refractivity contribution in [3.8, 4) is 6.07 Å². The first kappa shape index (κ1) is 11.7. The highest BCUT2D eigenvalue weighted by atomic mass is 16.1. The molecule has 17 heavy (non-hydrogen) atoms. The van der Waals surface area contributed by atoms with Gasteiger partial charge < -0.3 is 5.32 Å². The molecule has 2 rings (SSSR count). The molecule has 1 N–H and O–H groups in total. The molecule has 0 radical (unpaired) electrons. The zero-order valence-corrected chi connectivity index (χ0v) is 9.78. The Balaban J connectivity index is 1.74. The van der Waals surface area contributed by atoms with E-state index in [0.29, 0.717) is 13.0 Å². The lowest BCUT2D eigenvalue weighted by atomic mass is 9.77. The number of nitrogens with zero attached hydrogens (tertiary/aromatic N) is 1. The molecule has 0 heterocycles. The number of amides is 1. The highest BCUT2D eigenvalue weighted by Crippen LogP contribution is 2.34. The molecule has 1 unspecified atom stereocenters. The largest absolute Gasteiger partial charge is 0.356 e. The number of rotatable bonds is 5. The van der Waals surface area contributed by atoms with Crippen LogP contribution >= 0.6 is 0 Å². The maximum Gasteiger partial charge on any atom is 0.227 e. The Labute approximate surface area is 101 Å². The van der Waals surface area contributed by atoms with E-state index in [2.05, 4.69) is 17.5 Å². The van der Waals surface area contributed by atoms with Crippen LogP contribution in [0.4, 0.5) is 0 Å². The van der Waals surface area contributed by atoms with Gasteiger partial charge >= 0.3 is 0 Å². The van der Waals surface area contributed by atoms with Crippen LogP contribution < -0.4 is 5.32 Å². The smallest absolute Gasteiger partial charge is 0.227 e. The summed E-state index contributed by atoms with van der Waals surface area (Å²) >= 11 is 0. The highest BCUT2D eigenvalue weighted by molar-refractivity contribution is 5.86. The summed E-state index contributed by atoms with van der Waals surface area (Å²) in [6.45, 7) is 0.680. The van der Waals surface area contributed by atoms with Gasteiger partial charge in [0.1, 0.15) is 0 Å². The van der Waals surface area contributed by atoms with Crippen LogP contribution in [0.5, 0.6) is 0 Å². The van der Waals surface area contributed by atoms with E-state index >= 15 is 0 Å². The van der Waals surface area contributed by atoms with Crippen molar-refractivity contribution in [3.05, 3.63) is 35.4 Å². The van der Waals surface area contributed by atoms with Gasteiger partial charge in [-0.25, -0.2) is 0 Å². The summed E-state index contributed by atoms with van der Waals surface area (Å²) in [5.41, 5.74) is 2.46. The lowest BCUT2D eigenvalue weighted by Crippen LogP contribution is -2.35. The number of hydrogen-bond donors (Lipinski definition) is 1. The monoisotopic (exact) mass is 228 g/mol. The molecular formula is C14H16N2O. The van der Waals surface area contributed by atoms with Crippen molar-refractivity contribution in [3.63, 3.8) is 0 Å². The van der Waals surface area contributed by atoms with E-state index in [-0.39, 0.29) is 11.8 Å². The molecule has 0 aliphatic heterocycles. The fourth-order valence-electron chi connectivity index (χ4n) is 2.16. The van der Waals surface area contributed by atoms with Crippen LogP contribution in [0.1, 0.15) is 36.3 Å². The minimum Gasteiger partial charge on any atom is -0.356 e. The number of benzene rings is 1. The van der Waals surface area contributed by atoms with Gasteiger partial charge in [-0.1, -0.05) is 24.3 Å². The molecular weight excluding hydrogens is 212 g/mol. The average Bonchev–Trinajstić information content (AvgIpc) is 2.30. The Hall–Kier alpha value is -1.82. The topological polar surface area (TPSA) is 52.9 Å². The summed E-state index contributed by atoms with van der Waals surface area (Å²) < 4.78 is 0. The maximum atomic E-state index is 11.8. The van der Waals surface area contributed by atoms with E-state index in [0.717, 1.165) is 19.3 Å². The van der Waals surface area contributed by atoms with E-state index < -0.39 is 0 Å². The van der Waals surface area contributed by atoms with Gasteiger partial charge in [-0.15, -0.1) is 0 Å². The molecule has 1 aromatic rings. The second-order valence-corrected chi connectivity index (χ2v) is 4.36. The van der Waals surface area contributed by atoms with Gasteiger partial charge in [-0.05, 0) is 30.4 Å². The third kappa shape index (κ3) is 2.65. The Kier molecular flexibility index (Phi) is 3.77. The summed E-state index contributed by atoms with van der Waals surface area (Å²) in [7, 11) is 0. The normalized spacial score (nSPS) is 16.5. The van der Waals surface area contributed by atoms with E-state index in [1.165, 1.54) is 11.1 Å². The molecule has 1 aliphatic rings. The molecule has 1 atom stereocenters. The van der Waals surface area contributed by atoms with Crippen LogP contribution in [0.3, 0.4) is 0 Å². The van der Waals surface area contributed by atoms with Crippen LogP contribution in [-0.2, 0) is 11.2 Å². The standard InChI is InChI=1S/C14H16N2O/c15-8-4-1-5-9-16-14(17)13-10-11-6-2-3-7-12(11)13/h2-3,6-7,13H,1,4-5,9-10H2,(H,16,17). The van der Waals surface area contributed by atoms with Crippen molar-refractivity contribution in [1.82, 2.24) is 5.32 Å². The van der Waals surface area contributed by atoms with Crippen LogP contribution in [0, 0.1) is 11.3 Å². The van der Waals surface area contributed by atoms with Crippen LogP contribution in [0.15, 0.2) is 24.3 Å². The molecule has 1 aromatic carbocycles. The Bertz CT molecular complexity index is 448. The zero-order valence-electron chi connectivity index (χ0n) is 9.78. The Morgan fingerprint density at radius 1 is 1.41 bits per heavy atom. The molecule has 0 fully saturated rings. The number of nitrogens with one attached hydrogen (secondary N) is 1. The second kappa shape index (κ2) is 5.49. The van der Waals surface area contributed by atoms with Crippen LogP contribution in [0.25, 0.3) is 0 Å². The summed E-state index contributed by atoms with van der Waals surface area (Å²) in [4.78, 5) is 11.8. The Morgan fingerprint density at radius 3 is 3.00 bits per heavy atom.